The summed E-state index contributed by atoms with van der Waals surface area (Å²) in [6, 6.07) is 14.0. The predicted octanol–water partition coefficient (Wildman–Crippen LogP) is 4.42. The molecular formula is C22H16ClN3O4S. The zero-order valence-electron chi connectivity index (χ0n) is 16.3. The summed E-state index contributed by atoms with van der Waals surface area (Å²) >= 11 is 7.04. The fourth-order valence-electron chi connectivity index (χ4n) is 3.24. The van der Waals surface area contributed by atoms with E-state index in [0.29, 0.717) is 26.9 Å². The van der Waals surface area contributed by atoms with Crippen molar-refractivity contribution in [2.75, 3.05) is 5.32 Å². The molecule has 4 aromatic rings. The van der Waals surface area contributed by atoms with Gasteiger partial charge in [-0.3, -0.25) is 14.2 Å². The summed E-state index contributed by atoms with van der Waals surface area (Å²) in [5, 5.41) is 14.0. The summed E-state index contributed by atoms with van der Waals surface area (Å²) in [4.78, 5) is 42.5. The molecule has 0 unspecified atom stereocenters. The number of carbonyl (C=O) groups is 2. The fourth-order valence-corrected chi connectivity index (χ4v) is 4.34. The van der Waals surface area contributed by atoms with Crippen LogP contribution in [0.15, 0.2) is 58.7 Å². The minimum atomic E-state index is -1.22. The third kappa shape index (κ3) is 4.21. The number of fused-ring (bicyclic) bond motifs is 1. The maximum absolute atomic E-state index is 13.3. The Labute approximate surface area is 185 Å². The van der Waals surface area contributed by atoms with Gasteiger partial charge in [0.05, 0.1) is 10.9 Å². The van der Waals surface area contributed by atoms with Crippen LogP contribution in [0.25, 0.3) is 21.6 Å². The average Bonchev–Trinajstić information content (AvgIpc) is 3.14. The monoisotopic (exact) mass is 453 g/mol. The van der Waals surface area contributed by atoms with Crippen LogP contribution in [0.2, 0.25) is 5.02 Å². The molecule has 0 aliphatic carbocycles. The SMILES string of the molecule is Cc1cccc(-c2nc3scc(C(=O)O)c3c(=O)n2CC(=O)Nc2cccc(Cl)c2)c1. The van der Waals surface area contributed by atoms with E-state index in [1.807, 2.05) is 25.1 Å². The van der Waals surface area contributed by atoms with Gasteiger partial charge in [0.1, 0.15) is 17.2 Å². The van der Waals surface area contributed by atoms with Crippen LogP contribution in [-0.2, 0) is 11.3 Å². The van der Waals surface area contributed by atoms with Crippen LogP contribution in [0.4, 0.5) is 5.69 Å². The molecule has 9 heteroatoms. The van der Waals surface area contributed by atoms with E-state index in [1.165, 1.54) is 9.95 Å². The van der Waals surface area contributed by atoms with E-state index in [-0.39, 0.29) is 17.5 Å². The molecule has 0 bridgehead atoms. The van der Waals surface area contributed by atoms with Crippen molar-refractivity contribution in [3.05, 3.63) is 80.4 Å². The number of aromatic carboxylic acids is 1. The number of amides is 1. The van der Waals surface area contributed by atoms with E-state index < -0.39 is 17.4 Å². The van der Waals surface area contributed by atoms with Crippen molar-refractivity contribution in [1.82, 2.24) is 9.55 Å². The third-order valence-corrected chi connectivity index (χ3v) is 5.72. The molecule has 31 heavy (non-hydrogen) atoms. The molecule has 156 valence electrons. The number of nitrogens with one attached hydrogen (secondary N) is 1. The van der Waals surface area contributed by atoms with Gasteiger partial charge in [-0.25, -0.2) is 9.78 Å². The first kappa shape index (κ1) is 20.8. The van der Waals surface area contributed by atoms with Crippen LogP contribution >= 0.6 is 22.9 Å². The second-order valence-corrected chi connectivity index (χ2v) is 8.18. The normalized spacial score (nSPS) is 10.9. The number of hydrogen-bond donors (Lipinski definition) is 2. The van der Waals surface area contributed by atoms with Gasteiger partial charge in [0.2, 0.25) is 5.91 Å². The summed E-state index contributed by atoms with van der Waals surface area (Å²) in [5.41, 5.74) is 1.39. The molecule has 0 spiro atoms. The smallest absolute Gasteiger partial charge is 0.337 e. The maximum atomic E-state index is 13.3. The molecule has 2 N–H and O–H groups in total. The van der Waals surface area contributed by atoms with Gasteiger partial charge in [-0.15, -0.1) is 11.3 Å². The summed E-state index contributed by atoms with van der Waals surface area (Å²) in [7, 11) is 0. The molecule has 2 aromatic heterocycles. The van der Waals surface area contributed by atoms with Crippen LogP contribution in [0.3, 0.4) is 0 Å². The first-order valence-corrected chi connectivity index (χ1v) is 10.5. The lowest BCUT2D eigenvalue weighted by atomic mass is 10.1. The average molecular weight is 454 g/mol. The minimum absolute atomic E-state index is 0.00976. The minimum Gasteiger partial charge on any atom is -0.478 e. The Balaban J connectivity index is 1.84. The number of benzene rings is 2. The largest absolute Gasteiger partial charge is 0.478 e. The van der Waals surface area contributed by atoms with Gasteiger partial charge in [0.25, 0.3) is 5.56 Å². The van der Waals surface area contributed by atoms with Crippen molar-refractivity contribution in [2.45, 2.75) is 13.5 Å². The van der Waals surface area contributed by atoms with Gasteiger partial charge in [-0.2, -0.15) is 0 Å². The van der Waals surface area contributed by atoms with E-state index in [1.54, 1.807) is 30.3 Å². The lowest BCUT2D eigenvalue weighted by Gasteiger charge is -2.13. The third-order valence-electron chi connectivity index (χ3n) is 4.61. The molecule has 0 aliphatic rings. The lowest BCUT2D eigenvalue weighted by molar-refractivity contribution is -0.116. The van der Waals surface area contributed by atoms with Gasteiger partial charge >= 0.3 is 5.97 Å². The van der Waals surface area contributed by atoms with E-state index in [0.717, 1.165) is 16.9 Å². The zero-order valence-corrected chi connectivity index (χ0v) is 17.8. The summed E-state index contributed by atoms with van der Waals surface area (Å²) in [6.07, 6.45) is 0. The lowest BCUT2D eigenvalue weighted by Crippen LogP contribution is -2.30. The number of carbonyl (C=O) groups excluding carboxylic acids is 1. The van der Waals surface area contributed by atoms with Gasteiger partial charge < -0.3 is 10.4 Å². The quantitative estimate of drug-likeness (QED) is 0.465. The highest BCUT2D eigenvalue weighted by molar-refractivity contribution is 7.17. The Hall–Kier alpha value is -3.49. The van der Waals surface area contributed by atoms with Gasteiger partial charge in [0, 0.05) is 21.7 Å². The highest BCUT2D eigenvalue weighted by Gasteiger charge is 2.21. The molecule has 2 aromatic carbocycles. The van der Waals surface area contributed by atoms with Gasteiger partial charge in [-0.05, 0) is 31.2 Å². The number of rotatable bonds is 5. The van der Waals surface area contributed by atoms with Crippen molar-refractivity contribution in [1.29, 1.82) is 0 Å². The molecule has 0 saturated heterocycles. The predicted molar refractivity (Wildman–Crippen MR) is 121 cm³/mol. The molecule has 0 fully saturated rings. The fraction of sp³-hybridized carbons (Fsp3) is 0.0909. The number of carboxylic acids is 1. The number of nitrogens with zero attached hydrogens (tertiary/aromatic N) is 2. The first-order chi connectivity index (χ1) is 14.8. The second kappa shape index (κ2) is 8.33. The molecule has 4 rings (SSSR count). The molecule has 0 atom stereocenters. The number of anilines is 1. The Morgan fingerprint density at radius 2 is 1.97 bits per heavy atom. The van der Waals surface area contributed by atoms with Crippen LogP contribution in [0.5, 0.6) is 0 Å². The van der Waals surface area contributed by atoms with Gasteiger partial charge in [0.15, 0.2) is 0 Å². The number of aromatic nitrogens is 2. The Kier molecular flexibility index (Phi) is 5.58. The number of thiophene rings is 1. The number of carboxylic acid groups (broad SMARTS) is 1. The topological polar surface area (TPSA) is 101 Å². The van der Waals surface area contributed by atoms with Crippen LogP contribution in [-0.4, -0.2) is 26.5 Å². The molecule has 0 aliphatic heterocycles. The van der Waals surface area contributed by atoms with Crippen molar-refractivity contribution in [2.24, 2.45) is 0 Å². The Bertz CT molecular complexity index is 1390. The number of hydrogen-bond acceptors (Lipinski definition) is 5. The zero-order chi connectivity index (χ0) is 22.1. The summed E-state index contributed by atoms with van der Waals surface area (Å²) < 4.78 is 1.20. The Morgan fingerprint density at radius 3 is 2.68 bits per heavy atom. The van der Waals surface area contributed by atoms with Crippen molar-refractivity contribution in [3.63, 3.8) is 0 Å². The van der Waals surface area contributed by atoms with Crippen molar-refractivity contribution >= 4 is 50.7 Å². The molecule has 1 amide bonds. The van der Waals surface area contributed by atoms with E-state index >= 15 is 0 Å². The molecular weight excluding hydrogens is 438 g/mol. The van der Waals surface area contributed by atoms with Crippen LogP contribution in [0.1, 0.15) is 15.9 Å². The Morgan fingerprint density at radius 1 is 1.19 bits per heavy atom. The molecule has 0 saturated carbocycles. The van der Waals surface area contributed by atoms with Crippen molar-refractivity contribution in [3.8, 4) is 11.4 Å². The molecule has 2 heterocycles. The highest BCUT2D eigenvalue weighted by Crippen LogP contribution is 2.26. The van der Waals surface area contributed by atoms with E-state index in [2.05, 4.69) is 10.3 Å². The van der Waals surface area contributed by atoms with Crippen molar-refractivity contribution < 1.29 is 14.7 Å². The standard InChI is InChI=1S/C22H16ClN3O4S/c1-12-4-2-5-13(8-12)19-25-20-18(16(11-31-20)22(29)30)21(28)26(19)10-17(27)24-15-7-3-6-14(23)9-15/h2-9,11H,10H2,1H3,(H,24,27)(H,29,30). The first-order valence-electron chi connectivity index (χ1n) is 9.21. The number of halogens is 1. The van der Waals surface area contributed by atoms with E-state index in [4.69, 9.17) is 11.6 Å². The molecule has 0 radical (unpaired) electrons. The number of aryl methyl sites for hydroxylation is 1. The summed E-state index contributed by atoms with van der Waals surface area (Å²) in [6.45, 7) is 1.57. The van der Waals surface area contributed by atoms with Crippen LogP contribution < -0.4 is 10.9 Å². The molecule has 7 nitrogen and oxygen atoms in total. The summed E-state index contributed by atoms with van der Waals surface area (Å²) in [5.74, 6) is -1.39. The van der Waals surface area contributed by atoms with Gasteiger partial charge in [-0.1, -0.05) is 41.4 Å². The highest BCUT2D eigenvalue weighted by atomic mass is 35.5. The van der Waals surface area contributed by atoms with Crippen LogP contribution in [0, 0.1) is 6.92 Å². The van der Waals surface area contributed by atoms with E-state index in [9.17, 15) is 19.5 Å². The maximum Gasteiger partial charge on any atom is 0.337 e. The second-order valence-electron chi connectivity index (χ2n) is 6.89.